The molecule has 0 aliphatic carbocycles. The van der Waals surface area contributed by atoms with Gasteiger partial charge >= 0.3 is 5.69 Å². The highest BCUT2D eigenvalue weighted by Gasteiger charge is 2.22. The largest absolute Gasteiger partial charge is 0.376 e. The molecule has 0 amide bonds. The second-order valence-electron chi connectivity index (χ2n) is 6.89. The molecular weight excluding hydrogens is 383 g/mol. The first-order valence-electron chi connectivity index (χ1n) is 9.07. The van der Waals surface area contributed by atoms with Gasteiger partial charge in [-0.05, 0) is 42.0 Å². The predicted molar refractivity (Wildman–Crippen MR) is 104 cm³/mol. The normalized spacial score (nSPS) is 17.1. The Balaban J connectivity index is 1.69. The summed E-state index contributed by atoms with van der Waals surface area (Å²) in [6, 6.07) is 7.69. The molecule has 4 heterocycles. The van der Waals surface area contributed by atoms with Gasteiger partial charge in [0.05, 0.1) is 24.7 Å². The van der Waals surface area contributed by atoms with Gasteiger partial charge in [0.1, 0.15) is 10.5 Å². The van der Waals surface area contributed by atoms with Gasteiger partial charge in [-0.15, -0.1) is 16.4 Å². The van der Waals surface area contributed by atoms with Crippen LogP contribution in [0.4, 0.5) is 4.39 Å². The molecule has 3 aromatic heterocycles. The van der Waals surface area contributed by atoms with Gasteiger partial charge in [0, 0.05) is 6.61 Å². The van der Waals surface area contributed by atoms with Crippen LogP contribution in [0.3, 0.4) is 0 Å². The number of ether oxygens (including phenoxy) is 1. The van der Waals surface area contributed by atoms with Crippen molar-refractivity contribution in [3.63, 3.8) is 0 Å². The first-order chi connectivity index (χ1) is 13.6. The second kappa shape index (κ2) is 6.68. The fourth-order valence-corrected chi connectivity index (χ4v) is 4.48. The first-order valence-corrected chi connectivity index (χ1v) is 9.95. The molecule has 28 heavy (non-hydrogen) atoms. The Kier molecular flexibility index (Phi) is 4.13. The third kappa shape index (κ3) is 2.78. The van der Waals surface area contributed by atoms with Crippen LogP contribution >= 0.6 is 11.3 Å². The summed E-state index contributed by atoms with van der Waals surface area (Å²) in [5.41, 5.74) is 0.821. The molecular formula is C19H17FN4O3S. The number of rotatable bonds is 4. The topological polar surface area (TPSA) is 70.5 Å². The highest BCUT2D eigenvalue weighted by Crippen LogP contribution is 2.19. The number of nitrogens with zero attached hydrogens (tertiary/aromatic N) is 4. The van der Waals surface area contributed by atoms with Crippen molar-refractivity contribution >= 4 is 27.3 Å². The van der Waals surface area contributed by atoms with Gasteiger partial charge in [-0.1, -0.05) is 12.1 Å². The average Bonchev–Trinajstić information content (AvgIpc) is 3.42. The van der Waals surface area contributed by atoms with Crippen LogP contribution in [0.2, 0.25) is 0 Å². The standard InChI is InChI=1S/C19H17FN4O3S/c20-13-5-3-12(4-6-13)10-23-19(26)24-15-7-9-28-16(15)17(25)22(18(24)21-23)11-14-2-1-8-27-14/h3-7,9,14H,1-2,8,10-11H2/t14-/m0/s1. The first kappa shape index (κ1) is 17.3. The number of fused-ring (bicyclic) bond motifs is 3. The van der Waals surface area contributed by atoms with E-state index in [1.54, 1.807) is 23.6 Å². The van der Waals surface area contributed by atoms with Gasteiger partial charge in [-0.2, -0.15) is 0 Å². The zero-order chi connectivity index (χ0) is 19.3. The summed E-state index contributed by atoms with van der Waals surface area (Å²) in [7, 11) is 0. The molecule has 1 saturated heterocycles. The van der Waals surface area contributed by atoms with Crippen molar-refractivity contribution in [1.82, 2.24) is 18.7 Å². The van der Waals surface area contributed by atoms with E-state index in [-0.39, 0.29) is 29.7 Å². The zero-order valence-electron chi connectivity index (χ0n) is 14.9. The molecule has 4 aromatic rings. The second-order valence-corrected chi connectivity index (χ2v) is 7.80. The van der Waals surface area contributed by atoms with Gasteiger partial charge in [-0.3, -0.25) is 9.36 Å². The maximum Gasteiger partial charge on any atom is 0.352 e. The lowest BCUT2D eigenvalue weighted by molar-refractivity contribution is 0.0969. The summed E-state index contributed by atoms with van der Waals surface area (Å²) in [6.07, 6.45) is 1.78. The molecule has 1 aliphatic heterocycles. The lowest BCUT2D eigenvalue weighted by atomic mass is 10.2. The van der Waals surface area contributed by atoms with E-state index in [2.05, 4.69) is 5.10 Å². The van der Waals surface area contributed by atoms with E-state index in [1.807, 2.05) is 0 Å². The van der Waals surface area contributed by atoms with Gasteiger partial charge in [0.15, 0.2) is 0 Å². The van der Waals surface area contributed by atoms with E-state index >= 15 is 0 Å². The number of halogens is 1. The molecule has 1 fully saturated rings. The molecule has 7 nitrogen and oxygen atoms in total. The van der Waals surface area contributed by atoms with Crippen LogP contribution in [0.5, 0.6) is 0 Å². The third-order valence-corrected chi connectivity index (χ3v) is 5.94. The van der Waals surface area contributed by atoms with Crippen LogP contribution < -0.4 is 11.2 Å². The minimum atomic E-state index is -0.337. The number of aromatic nitrogens is 4. The molecule has 0 N–H and O–H groups in total. The van der Waals surface area contributed by atoms with E-state index in [4.69, 9.17) is 4.74 Å². The molecule has 144 valence electrons. The molecule has 5 rings (SSSR count). The van der Waals surface area contributed by atoms with Crippen LogP contribution in [0, 0.1) is 5.82 Å². The molecule has 0 spiro atoms. The van der Waals surface area contributed by atoms with Crippen molar-refractivity contribution < 1.29 is 9.13 Å². The van der Waals surface area contributed by atoms with Crippen LogP contribution in [0.25, 0.3) is 16.0 Å². The van der Waals surface area contributed by atoms with E-state index in [9.17, 15) is 14.0 Å². The quantitative estimate of drug-likeness (QED) is 0.527. The summed E-state index contributed by atoms with van der Waals surface area (Å²) in [4.78, 5) is 26.1. The van der Waals surface area contributed by atoms with Crippen molar-refractivity contribution in [3.8, 4) is 0 Å². The maximum absolute atomic E-state index is 13.2. The summed E-state index contributed by atoms with van der Waals surface area (Å²) >= 11 is 1.31. The SMILES string of the molecule is O=c1c2sccc2n2c(=O)n(Cc3ccc(F)cc3)nc2n1C[C@@H]1CCCO1. The van der Waals surface area contributed by atoms with E-state index < -0.39 is 0 Å². The fourth-order valence-electron chi connectivity index (χ4n) is 3.66. The monoisotopic (exact) mass is 400 g/mol. The van der Waals surface area contributed by atoms with Crippen LogP contribution in [-0.4, -0.2) is 31.5 Å². The Bertz CT molecular complexity index is 1280. The van der Waals surface area contributed by atoms with E-state index in [0.29, 0.717) is 29.1 Å². The number of hydrogen-bond donors (Lipinski definition) is 0. The Morgan fingerprint density at radius 3 is 2.79 bits per heavy atom. The molecule has 0 radical (unpaired) electrons. The van der Waals surface area contributed by atoms with Crippen molar-refractivity contribution in [2.75, 3.05) is 6.61 Å². The minimum Gasteiger partial charge on any atom is -0.376 e. The molecule has 1 aliphatic rings. The molecule has 9 heteroatoms. The van der Waals surface area contributed by atoms with Crippen LogP contribution in [0.1, 0.15) is 18.4 Å². The third-order valence-electron chi connectivity index (χ3n) is 5.04. The highest BCUT2D eigenvalue weighted by molar-refractivity contribution is 7.17. The van der Waals surface area contributed by atoms with Crippen molar-refractivity contribution in [1.29, 1.82) is 0 Å². The van der Waals surface area contributed by atoms with Crippen LogP contribution in [0.15, 0.2) is 45.3 Å². The number of benzene rings is 1. The fraction of sp³-hybridized carbons (Fsp3) is 0.316. The van der Waals surface area contributed by atoms with E-state index in [1.165, 1.54) is 37.1 Å². The Hall–Kier alpha value is -2.78. The summed E-state index contributed by atoms with van der Waals surface area (Å²) < 4.78 is 23.7. The molecule has 1 aromatic carbocycles. The summed E-state index contributed by atoms with van der Waals surface area (Å²) in [5, 5.41) is 6.25. The maximum atomic E-state index is 13.2. The molecule has 0 saturated carbocycles. The lowest BCUT2D eigenvalue weighted by Crippen LogP contribution is -2.29. The molecule has 0 bridgehead atoms. The Morgan fingerprint density at radius 2 is 2.04 bits per heavy atom. The zero-order valence-corrected chi connectivity index (χ0v) is 15.7. The summed E-state index contributed by atoms with van der Waals surface area (Å²) in [5.74, 6) is -0.0324. The number of hydrogen-bond acceptors (Lipinski definition) is 5. The minimum absolute atomic E-state index is 0.0590. The predicted octanol–water partition coefficient (Wildman–Crippen LogP) is 2.24. The van der Waals surface area contributed by atoms with Gasteiger partial charge in [0.2, 0.25) is 5.78 Å². The highest BCUT2D eigenvalue weighted by atomic mass is 32.1. The molecule has 0 unspecified atom stereocenters. The lowest BCUT2D eigenvalue weighted by Gasteiger charge is -2.12. The Labute approximate surface area is 162 Å². The van der Waals surface area contributed by atoms with Crippen molar-refractivity contribution in [3.05, 3.63) is 67.9 Å². The van der Waals surface area contributed by atoms with E-state index in [0.717, 1.165) is 18.4 Å². The Morgan fingerprint density at radius 1 is 1.21 bits per heavy atom. The summed E-state index contributed by atoms with van der Waals surface area (Å²) in [6.45, 7) is 1.24. The average molecular weight is 400 g/mol. The van der Waals surface area contributed by atoms with Crippen molar-refractivity contribution in [2.24, 2.45) is 0 Å². The van der Waals surface area contributed by atoms with Gasteiger partial charge in [-0.25, -0.2) is 18.3 Å². The smallest absolute Gasteiger partial charge is 0.352 e. The van der Waals surface area contributed by atoms with Crippen molar-refractivity contribution in [2.45, 2.75) is 32.0 Å². The van der Waals surface area contributed by atoms with Gasteiger partial charge in [0.25, 0.3) is 5.56 Å². The van der Waals surface area contributed by atoms with Gasteiger partial charge < -0.3 is 4.74 Å². The van der Waals surface area contributed by atoms with Crippen LogP contribution in [-0.2, 0) is 17.8 Å². The number of thiophene rings is 1. The molecule has 1 atom stereocenters.